The topological polar surface area (TPSA) is 61.8 Å². The molecule has 1 aromatic rings. The van der Waals surface area contributed by atoms with Gasteiger partial charge < -0.3 is 13.3 Å². The summed E-state index contributed by atoms with van der Waals surface area (Å²) in [6.45, 7) is 3.40. The standard InChI is InChI=1S/C13H10Br2O5/c1-3-7-8(6(2)16)4-5-9-10(7)19-12(14)11(18-9)13(17)20-15/h4-5H,3H2,1-2H3. The van der Waals surface area contributed by atoms with Gasteiger partial charge >= 0.3 is 5.97 Å². The fraction of sp³-hybridized carbons (Fsp3) is 0.231. The molecule has 0 aliphatic carbocycles. The normalized spacial score (nSPS) is 13.2. The van der Waals surface area contributed by atoms with E-state index in [0.29, 0.717) is 23.5 Å². The molecule has 0 N–H and O–H groups in total. The number of carbonyl (C=O) groups excluding carboxylic acids is 2. The van der Waals surface area contributed by atoms with E-state index in [1.807, 2.05) is 6.92 Å². The molecule has 0 saturated carbocycles. The first-order valence-electron chi connectivity index (χ1n) is 5.74. The van der Waals surface area contributed by atoms with Gasteiger partial charge in [-0.2, -0.15) is 0 Å². The largest absolute Gasteiger partial charge is 0.442 e. The average Bonchev–Trinajstić information content (AvgIpc) is 2.44. The van der Waals surface area contributed by atoms with Crippen molar-refractivity contribution in [2.24, 2.45) is 0 Å². The van der Waals surface area contributed by atoms with E-state index in [-0.39, 0.29) is 16.2 Å². The zero-order valence-electron chi connectivity index (χ0n) is 10.7. The molecule has 1 aromatic carbocycles. The highest BCUT2D eigenvalue weighted by molar-refractivity contribution is 9.11. The average molecular weight is 406 g/mol. The van der Waals surface area contributed by atoms with Gasteiger partial charge in [0.25, 0.3) is 5.76 Å². The Morgan fingerprint density at radius 1 is 1.30 bits per heavy atom. The van der Waals surface area contributed by atoms with Gasteiger partial charge in [0, 0.05) is 11.1 Å². The summed E-state index contributed by atoms with van der Waals surface area (Å²) in [4.78, 5) is 23.1. The van der Waals surface area contributed by atoms with Gasteiger partial charge in [-0.15, -0.1) is 0 Å². The van der Waals surface area contributed by atoms with Crippen LogP contribution in [0.3, 0.4) is 0 Å². The third kappa shape index (κ3) is 2.60. The van der Waals surface area contributed by atoms with E-state index in [9.17, 15) is 9.59 Å². The molecule has 106 valence electrons. The molecule has 0 amide bonds. The summed E-state index contributed by atoms with van der Waals surface area (Å²) >= 11 is 5.71. The molecule has 0 radical (unpaired) electrons. The van der Waals surface area contributed by atoms with Gasteiger partial charge in [0.2, 0.25) is 4.67 Å². The molecule has 2 rings (SSSR count). The Morgan fingerprint density at radius 3 is 2.55 bits per heavy atom. The Bertz CT molecular complexity index is 621. The smallest absolute Gasteiger partial charge is 0.390 e. The Hall–Kier alpha value is -1.34. The second-order valence-electron chi connectivity index (χ2n) is 4.00. The molecule has 7 heteroatoms. The summed E-state index contributed by atoms with van der Waals surface area (Å²) in [5, 5.41) is 0. The number of ether oxygens (including phenoxy) is 2. The lowest BCUT2D eigenvalue weighted by molar-refractivity contribution is -0.130. The molecule has 1 aliphatic rings. The highest BCUT2D eigenvalue weighted by Gasteiger charge is 2.29. The van der Waals surface area contributed by atoms with Crippen molar-refractivity contribution in [1.82, 2.24) is 0 Å². The first kappa shape index (κ1) is 15.1. The molecular weight excluding hydrogens is 396 g/mol. The maximum atomic E-state index is 11.6. The fourth-order valence-corrected chi connectivity index (χ4v) is 2.47. The number of halogens is 2. The van der Waals surface area contributed by atoms with Gasteiger partial charge in [-0.05, 0) is 41.4 Å². The van der Waals surface area contributed by atoms with Crippen molar-refractivity contribution in [2.75, 3.05) is 0 Å². The number of carbonyl (C=O) groups is 2. The Kier molecular flexibility index (Phi) is 4.49. The third-order valence-electron chi connectivity index (χ3n) is 2.79. The molecule has 1 aliphatic heterocycles. The van der Waals surface area contributed by atoms with Gasteiger partial charge in [0.05, 0.1) is 0 Å². The lowest BCUT2D eigenvalue weighted by Gasteiger charge is -2.22. The summed E-state index contributed by atoms with van der Waals surface area (Å²) < 4.78 is 15.6. The zero-order valence-corrected chi connectivity index (χ0v) is 13.8. The minimum atomic E-state index is -0.726. The van der Waals surface area contributed by atoms with Crippen LogP contribution in [0.2, 0.25) is 0 Å². The van der Waals surface area contributed by atoms with Gasteiger partial charge in [0.1, 0.15) is 0 Å². The summed E-state index contributed by atoms with van der Waals surface area (Å²) in [5.41, 5.74) is 1.31. The highest BCUT2D eigenvalue weighted by Crippen LogP contribution is 2.41. The van der Waals surface area contributed by atoms with Gasteiger partial charge in [-0.3, -0.25) is 4.79 Å². The van der Waals surface area contributed by atoms with E-state index in [1.54, 1.807) is 12.1 Å². The van der Waals surface area contributed by atoms with Crippen molar-refractivity contribution in [2.45, 2.75) is 20.3 Å². The number of benzene rings is 1. The van der Waals surface area contributed by atoms with Crippen LogP contribution in [0.1, 0.15) is 29.8 Å². The maximum Gasteiger partial charge on any atom is 0.390 e. The number of Topliss-reactive ketones (excluding diaryl/α,β-unsaturated/α-hetero) is 1. The first-order valence-corrected chi connectivity index (χ1v) is 7.18. The van der Waals surface area contributed by atoms with Crippen LogP contribution in [-0.4, -0.2) is 11.8 Å². The molecule has 0 spiro atoms. The van der Waals surface area contributed by atoms with Crippen LogP contribution < -0.4 is 9.47 Å². The highest BCUT2D eigenvalue weighted by atomic mass is 79.9. The van der Waals surface area contributed by atoms with Crippen molar-refractivity contribution in [3.05, 3.63) is 33.7 Å². The molecule has 5 nitrogen and oxygen atoms in total. The molecule has 0 aromatic heterocycles. The van der Waals surface area contributed by atoms with Gasteiger partial charge in [-0.1, -0.05) is 6.92 Å². The predicted molar refractivity (Wildman–Crippen MR) is 78.1 cm³/mol. The van der Waals surface area contributed by atoms with E-state index in [4.69, 9.17) is 9.47 Å². The lowest BCUT2D eigenvalue weighted by atomic mass is 10.0. The van der Waals surface area contributed by atoms with E-state index < -0.39 is 5.97 Å². The first-order chi connectivity index (χ1) is 9.49. The Morgan fingerprint density at radius 2 is 2.00 bits per heavy atom. The van der Waals surface area contributed by atoms with Gasteiger partial charge in [0.15, 0.2) is 33.5 Å². The van der Waals surface area contributed by atoms with Crippen LogP contribution in [0, 0.1) is 0 Å². The number of hydrogen-bond donors (Lipinski definition) is 0. The zero-order chi connectivity index (χ0) is 14.9. The van der Waals surface area contributed by atoms with Crippen LogP contribution in [0.15, 0.2) is 22.6 Å². The fourth-order valence-electron chi connectivity index (χ4n) is 1.92. The monoisotopic (exact) mass is 404 g/mol. The molecule has 20 heavy (non-hydrogen) atoms. The molecule has 0 fully saturated rings. The quantitative estimate of drug-likeness (QED) is 0.718. The molecule has 1 heterocycles. The summed E-state index contributed by atoms with van der Waals surface area (Å²) in [7, 11) is 0. The van der Waals surface area contributed by atoms with Crippen molar-refractivity contribution in [3.8, 4) is 11.5 Å². The molecule has 0 unspecified atom stereocenters. The lowest BCUT2D eigenvalue weighted by Crippen LogP contribution is -2.18. The van der Waals surface area contributed by atoms with Crippen molar-refractivity contribution >= 4 is 43.9 Å². The van der Waals surface area contributed by atoms with Crippen LogP contribution in [-0.2, 0) is 15.0 Å². The van der Waals surface area contributed by atoms with Crippen LogP contribution in [0.5, 0.6) is 11.5 Å². The van der Waals surface area contributed by atoms with E-state index in [2.05, 4.69) is 36.0 Å². The SMILES string of the molecule is CCc1c(C(C)=O)ccc2c1OC(Br)=C(C(=O)OBr)O2. The van der Waals surface area contributed by atoms with E-state index >= 15 is 0 Å². The Labute approximate surface area is 132 Å². The second-order valence-corrected chi connectivity index (χ2v) is 5.04. The molecule has 0 bridgehead atoms. The minimum Gasteiger partial charge on any atom is -0.442 e. The van der Waals surface area contributed by atoms with E-state index in [1.165, 1.54) is 6.92 Å². The molecule has 0 saturated heterocycles. The van der Waals surface area contributed by atoms with Crippen LogP contribution in [0.4, 0.5) is 0 Å². The summed E-state index contributed by atoms with van der Waals surface area (Å²) in [6.07, 6.45) is 0.597. The van der Waals surface area contributed by atoms with Crippen LogP contribution in [0.25, 0.3) is 0 Å². The number of rotatable bonds is 3. The van der Waals surface area contributed by atoms with Crippen molar-refractivity contribution in [3.63, 3.8) is 0 Å². The second kappa shape index (κ2) is 5.97. The maximum absolute atomic E-state index is 11.6. The van der Waals surface area contributed by atoms with Crippen LogP contribution >= 0.6 is 32.2 Å². The third-order valence-corrected chi connectivity index (χ3v) is 3.61. The summed E-state index contributed by atoms with van der Waals surface area (Å²) in [5.74, 6) is -0.0941. The van der Waals surface area contributed by atoms with Crippen molar-refractivity contribution < 1.29 is 22.9 Å². The molecular formula is C13H10Br2O5. The van der Waals surface area contributed by atoms with Crippen molar-refractivity contribution in [1.29, 1.82) is 0 Å². The predicted octanol–water partition coefficient (Wildman–Crippen LogP) is 3.64. The molecule has 0 atom stereocenters. The number of fused-ring (bicyclic) bond motifs is 1. The van der Waals surface area contributed by atoms with Gasteiger partial charge in [-0.25, -0.2) is 4.79 Å². The Balaban J connectivity index is 2.52. The number of ketones is 1. The number of hydrogen-bond acceptors (Lipinski definition) is 5. The minimum absolute atomic E-state index is 0.0565. The van der Waals surface area contributed by atoms with E-state index in [0.717, 1.165) is 5.56 Å². The summed E-state index contributed by atoms with van der Waals surface area (Å²) in [6, 6.07) is 3.24.